The molecular weight excluding hydrogens is 311 g/mol. The molecule has 1 aromatic rings. The number of carbonyl (C=O) groups excluding carboxylic acids is 2. The highest BCUT2D eigenvalue weighted by Gasteiger charge is 2.31. The predicted molar refractivity (Wildman–Crippen MR) is 57.6 cm³/mol. The van der Waals surface area contributed by atoms with Crippen LogP contribution in [0.4, 0.5) is 13.2 Å². The van der Waals surface area contributed by atoms with E-state index in [1.165, 1.54) is 4.72 Å². The standard InChI is InChI=1S/C9H5ClF3NO4S/c10-7(15)8(16)14-19(17,18)6-3-1-5(2-4-6)9(11,12)13/h1-4H,(H,14,16). The number of carbonyl (C=O) groups is 2. The van der Waals surface area contributed by atoms with E-state index >= 15 is 0 Å². The van der Waals surface area contributed by atoms with Crippen LogP contribution < -0.4 is 4.72 Å². The SMILES string of the molecule is O=C(Cl)C(=O)NS(=O)(=O)c1ccc(C(F)(F)F)cc1. The van der Waals surface area contributed by atoms with Gasteiger partial charge in [0, 0.05) is 0 Å². The lowest BCUT2D eigenvalue weighted by Crippen LogP contribution is -2.34. The highest BCUT2D eigenvalue weighted by Crippen LogP contribution is 2.29. The molecule has 0 unspecified atom stereocenters. The van der Waals surface area contributed by atoms with Crippen LogP contribution in [0.15, 0.2) is 29.2 Å². The Morgan fingerprint density at radius 2 is 1.58 bits per heavy atom. The van der Waals surface area contributed by atoms with Gasteiger partial charge in [-0.05, 0) is 35.9 Å². The van der Waals surface area contributed by atoms with Crippen LogP contribution in [-0.4, -0.2) is 19.6 Å². The third-order valence-corrected chi connectivity index (χ3v) is 3.42. The molecule has 0 heterocycles. The van der Waals surface area contributed by atoms with Gasteiger partial charge < -0.3 is 0 Å². The normalized spacial score (nSPS) is 12.0. The van der Waals surface area contributed by atoms with Gasteiger partial charge in [-0.25, -0.2) is 13.1 Å². The zero-order valence-corrected chi connectivity index (χ0v) is 10.4. The van der Waals surface area contributed by atoms with Crippen LogP contribution >= 0.6 is 11.6 Å². The van der Waals surface area contributed by atoms with Crippen molar-refractivity contribution in [1.29, 1.82) is 0 Å². The Bertz CT molecular complexity index is 609. The van der Waals surface area contributed by atoms with Gasteiger partial charge >= 0.3 is 17.3 Å². The number of rotatable bonds is 3. The molecule has 0 aliphatic rings. The summed E-state index contributed by atoms with van der Waals surface area (Å²) < 4.78 is 61.0. The molecule has 0 spiro atoms. The average molecular weight is 316 g/mol. The number of nitrogens with one attached hydrogen (secondary N) is 1. The van der Waals surface area contributed by atoms with Gasteiger partial charge in [-0.15, -0.1) is 0 Å². The lowest BCUT2D eigenvalue weighted by atomic mass is 10.2. The molecule has 1 amide bonds. The molecule has 104 valence electrons. The van der Waals surface area contributed by atoms with Gasteiger partial charge in [0.25, 0.3) is 10.0 Å². The predicted octanol–water partition coefficient (Wildman–Crippen LogP) is 1.28. The lowest BCUT2D eigenvalue weighted by Gasteiger charge is -2.08. The quantitative estimate of drug-likeness (QED) is 0.673. The van der Waals surface area contributed by atoms with Crippen LogP contribution in [0.25, 0.3) is 0 Å². The molecule has 1 aromatic carbocycles. The number of halogens is 4. The summed E-state index contributed by atoms with van der Waals surface area (Å²) in [5.74, 6) is -1.60. The monoisotopic (exact) mass is 315 g/mol. The van der Waals surface area contributed by atoms with Crippen molar-refractivity contribution < 1.29 is 31.2 Å². The maximum absolute atomic E-state index is 12.3. The zero-order chi connectivity index (χ0) is 14.8. The summed E-state index contributed by atoms with van der Waals surface area (Å²) in [7, 11) is -4.44. The van der Waals surface area contributed by atoms with Crippen molar-refractivity contribution in [2.24, 2.45) is 0 Å². The third-order valence-electron chi connectivity index (χ3n) is 1.90. The van der Waals surface area contributed by atoms with Crippen molar-refractivity contribution in [1.82, 2.24) is 4.72 Å². The molecule has 0 fully saturated rings. The number of alkyl halides is 3. The van der Waals surface area contributed by atoms with Gasteiger partial charge in [-0.2, -0.15) is 13.2 Å². The van der Waals surface area contributed by atoms with Crippen LogP contribution in [0, 0.1) is 0 Å². The first-order valence-electron chi connectivity index (χ1n) is 4.48. The molecule has 19 heavy (non-hydrogen) atoms. The minimum atomic E-state index is -4.61. The van der Waals surface area contributed by atoms with Gasteiger partial charge in [-0.1, -0.05) is 0 Å². The number of amides is 1. The minimum Gasteiger partial charge on any atom is -0.270 e. The minimum absolute atomic E-state index is 0.529. The van der Waals surface area contributed by atoms with Crippen molar-refractivity contribution in [3.05, 3.63) is 29.8 Å². The van der Waals surface area contributed by atoms with Gasteiger partial charge in [0.2, 0.25) is 0 Å². The molecule has 0 aliphatic carbocycles. The van der Waals surface area contributed by atoms with Crippen LogP contribution in [0.3, 0.4) is 0 Å². The summed E-state index contributed by atoms with van der Waals surface area (Å²) in [4.78, 5) is 20.6. The van der Waals surface area contributed by atoms with Gasteiger partial charge in [0.1, 0.15) is 0 Å². The van der Waals surface area contributed by atoms with E-state index in [-0.39, 0.29) is 0 Å². The number of benzene rings is 1. The molecule has 10 heteroatoms. The van der Waals surface area contributed by atoms with Gasteiger partial charge in [-0.3, -0.25) is 9.59 Å². The van der Waals surface area contributed by atoms with Crippen molar-refractivity contribution in [2.45, 2.75) is 11.1 Å². The summed E-state index contributed by atoms with van der Waals surface area (Å²) in [5, 5.41) is -1.56. The van der Waals surface area contributed by atoms with Crippen molar-refractivity contribution in [2.75, 3.05) is 0 Å². The van der Waals surface area contributed by atoms with E-state index in [0.29, 0.717) is 24.3 Å². The smallest absolute Gasteiger partial charge is 0.270 e. The molecule has 0 bridgehead atoms. The molecule has 0 atom stereocenters. The topological polar surface area (TPSA) is 80.3 Å². The molecule has 1 N–H and O–H groups in total. The summed E-state index contributed by atoms with van der Waals surface area (Å²) in [6, 6.07) is 2.36. The fourth-order valence-electron chi connectivity index (χ4n) is 1.04. The summed E-state index contributed by atoms with van der Waals surface area (Å²) in [5.41, 5.74) is -1.05. The summed E-state index contributed by atoms with van der Waals surface area (Å²) in [6.07, 6.45) is -4.61. The summed E-state index contributed by atoms with van der Waals surface area (Å²) in [6.45, 7) is 0. The van der Waals surface area contributed by atoms with Crippen LogP contribution in [0.5, 0.6) is 0 Å². The van der Waals surface area contributed by atoms with Crippen LogP contribution in [0.1, 0.15) is 5.56 Å². The molecule has 0 saturated heterocycles. The fraction of sp³-hybridized carbons (Fsp3) is 0.111. The maximum Gasteiger partial charge on any atom is 0.416 e. The van der Waals surface area contributed by atoms with E-state index in [2.05, 4.69) is 0 Å². The highest BCUT2D eigenvalue weighted by atomic mass is 35.5. The Morgan fingerprint density at radius 1 is 1.11 bits per heavy atom. The molecular formula is C9H5ClF3NO4S. The van der Waals surface area contributed by atoms with E-state index < -0.39 is 37.8 Å². The summed E-state index contributed by atoms with van der Waals surface area (Å²) >= 11 is 4.74. The number of hydrogen-bond acceptors (Lipinski definition) is 4. The first-order chi connectivity index (χ1) is 8.54. The van der Waals surface area contributed by atoms with E-state index in [4.69, 9.17) is 11.6 Å². The van der Waals surface area contributed by atoms with Crippen molar-refractivity contribution in [3.8, 4) is 0 Å². The largest absolute Gasteiger partial charge is 0.416 e. The molecule has 0 aliphatic heterocycles. The second kappa shape index (κ2) is 5.17. The maximum atomic E-state index is 12.3. The highest BCUT2D eigenvalue weighted by molar-refractivity contribution is 7.90. The molecule has 0 radical (unpaired) electrons. The molecule has 0 saturated carbocycles. The fourth-order valence-corrected chi connectivity index (χ4v) is 2.10. The van der Waals surface area contributed by atoms with E-state index in [9.17, 15) is 31.2 Å². The Morgan fingerprint density at radius 3 is 1.95 bits per heavy atom. The second-order valence-corrected chi connectivity index (χ2v) is 5.26. The molecule has 0 aromatic heterocycles. The number of sulfonamides is 1. The molecule has 1 rings (SSSR count). The Hall–Kier alpha value is -1.61. The Balaban J connectivity index is 3.04. The zero-order valence-electron chi connectivity index (χ0n) is 8.86. The Kier molecular flexibility index (Phi) is 4.21. The Labute approximate surface area is 110 Å². The van der Waals surface area contributed by atoms with Gasteiger partial charge in [0.15, 0.2) is 0 Å². The lowest BCUT2D eigenvalue weighted by molar-refractivity contribution is -0.137. The van der Waals surface area contributed by atoms with E-state index in [1.54, 1.807) is 0 Å². The first-order valence-corrected chi connectivity index (χ1v) is 6.34. The van der Waals surface area contributed by atoms with E-state index in [1.807, 2.05) is 0 Å². The van der Waals surface area contributed by atoms with Crippen LogP contribution in [0.2, 0.25) is 0 Å². The van der Waals surface area contributed by atoms with Crippen LogP contribution in [-0.2, 0) is 25.8 Å². The molecule has 5 nitrogen and oxygen atoms in total. The second-order valence-electron chi connectivity index (χ2n) is 3.23. The van der Waals surface area contributed by atoms with Gasteiger partial charge in [0.05, 0.1) is 10.5 Å². The van der Waals surface area contributed by atoms with Crippen molar-refractivity contribution >= 4 is 32.8 Å². The van der Waals surface area contributed by atoms with Crippen molar-refractivity contribution in [3.63, 3.8) is 0 Å². The third kappa shape index (κ3) is 3.93. The first kappa shape index (κ1) is 15.4. The average Bonchev–Trinajstić information content (AvgIpc) is 2.27. The number of hydrogen-bond donors (Lipinski definition) is 1. The van der Waals surface area contributed by atoms with E-state index in [0.717, 1.165) is 0 Å².